The molecule has 0 saturated carbocycles. The predicted molar refractivity (Wildman–Crippen MR) is 140 cm³/mol. The largest absolute Gasteiger partial charge is 0.419 e. The monoisotopic (exact) mass is 471 g/mol. The lowest BCUT2D eigenvalue weighted by Crippen LogP contribution is -2.35. The van der Waals surface area contributed by atoms with Crippen molar-refractivity contribution < 1.29 is 14.3 Å². The van der Waals surface area contributed by atoms with Crippen LogP contribution in [0.4, 0.5) is 16.2 Å². The van der Waals surface area contributed by atoms with Crippen LogP contribution < -0.4 is 15.0 Å². The predicted octanol–water partition coefficient (Wildman–Crippen LogP) is 5.85. The molecule has 1 atom stereocenters. The van der Waals surface area contributed by atoms with Crippen molar-refractivity contribution in [1.29, 1.82) is 0 Å². The smallest absolute Gasteiger partial charge is 0.410 e. The Bertz CT molecular complexity index is 1110. The molecule has 1 heterocycles. The number of amides is 2. The van der Waals surface area contributed by atoms with Crippen molar-refractivity contribution in [2.24, 2.45) is 5.92 Å². The van der Waals surface area contributed by atoms with Crippen molar-refractivity contribution >= 4 is 23.4 Å². The van der Waals surface area contributed by atoms with Gasteiger partial charge in [-0.15, -0.1) is 0 Å². The van der Waals surface area contributed by atoms with Gasteiger partial charge in [0, 0.05) is 37.1 Å². The van der Waals surface area contributed by atoms with E-state index in [9.17, 15) is 9.59 Å². The zero-order valence-electron chi connectivity index (χ0n) is 20.4. The second-order valence-electron chi connectivity index (χ2n) is 9.24. The molecule has 0 spiro atoms. The molecule has 0 aromatic heterocycles. The van der Waals surface area contributed by atoms with Gasteiger partial charge in [0.2, 0.25) is 0 Å². The molecular formula is C29H33N3O3. The summed E-state index contributed by atoms with van der Waals surface area (Å²) in [6.45, 7) is 5.76. The molecular weight excluding hydrogens is 438 g/mol. The number of benzene rings is 3. The highest BCUT2D eigenvalue weighted by atomic mass is 16.6. The van der Waals surface area contributed by atoms with Crippen LogP contribution in [-0.2, 0) is 6.42 Å². The average molecular weight is 472 g/mol. The third kappa shape index (κ3) is 6.93. The highest BCUT2D eigenvalue weighted by Crippen LogP contribution is 2.20. The molecule has 0 bridgehead atoms. The summed E-state index contributed by atoms with van der Waals surface area (Å²) in [6, 6.07) is 23.9. The lowest BCUT2D eigenvalue weighted by Gasteiger charge is -2.30. The Labute approximate surface area is 207 Å². The molecule has 1 saturated heterocycles. The molecule has 35 heavy (non-hydrogen) atoms. The highest BCUT2D eigenvalue weighted by molar-refractivity contribution is 6.04. The molecule has 1 aliphatic heterocycles. The van der Waals surface area contributed by atoms with E-state index in [4.69, 9.17) is 4.74 Å². The number of nitrogens with zero attached hydrogens (tertiary/aromatic N) is 2. The van der Waals surface area contributed by atoms with E-state index in [1.54, 1.807) is 31.3 Å². The van der Waals surface area contributed by atoms with Crippen molar-refractivity contribution in [3.63, 3.8) is 0 Å². The van der Waals surface area contributed by atoms with E-state index in [1.165, 1.54) is 36.4 Å². The number of hydrogen-bond acceptors (Lipinski definition) is 4. The van der Waals surface area contributed by atoms with Crippen molar-refractivity contribution in [2.45, 2.75) is 26.2 Å². The fourth-order valence-corrected chi connectivity index (χ4v) is 4.34. The number of carbonyl (C=O) groups is 2. The fourth-order valence-electron chi connectivity index (χ4n) is 4.34. The maximum Gasteiger partial charge on any atom is 0.419 e. The summed E-state index contributed by atoms with van der Waals surface area (Å²) in [6.07, 6.45) is 3.13. The molecule has 3 aromatic carbocycles. The van der Waals surface area contributed by atoms with Crippen LogP contribution in [0.15, 0.2) is 78.9 Å². The number of hydrogen-bond donors (Lipinski definition) is 1. The number of para-hydroxylation sites is 1. The summed E-state index contributed by atoms with van der Waals surface area (Å²) in [7, 11) is 1.66. The third-order valence-electron chi connectivity index (χ3n) is 6.41. The second kappa shape index (κ2) is 11.7. The summed E-state index contributed by atoms with van der Waals surface area (Å²) >= 11 is 0. The van der Waals surface area contributed by atoms with Crippen molar-refractivity contribution in [1.82, 2.24) is 4.90 Å². The van der Waals surface area contributed by atoms with Crippen LogP contribution in [0.25, 0.3) is 0 Å². The number of nitrogens with one attached hydrogen (secondary N) is 1. The van der Waals surface area contributed by atoms with Crippen LogP contribution in [0, 0.1) is 5.92 Å². The van der Waals surface area contributed by atoms with Gasteiger partial charge in [0.15, 0.2) is 0 Å². The Morgan fingerprint density at radius 3 is 2.40 bits per heavy atom. The molecule has 6 nitrogen and oxygen atoms in total. The van der Waals surface area contributed by atoms with Crippen LogP contribution in [0.3, 0.4) is 0 Å². The molecule has 182 valence electrons. The van der Waals surface area contributed by atoms with Gasteiger partial charge in [0.25, 0.3) is 5.91 Å². The first-order valence-electron chi connectivity index (χ1n) is 12.2. The number of likely N-dealkylation sites (tertiary alicyclic amines) is 1. The number of rotatable bonds is 7. The zero-order chi connectivity index (χ0) is 24.6. The lowest BCUT2D eigenvalue weighted by atomic mass is 9.99. The number of anilines is 2. The third-order valence-corrected chi connectivity index (χ3v) is 6.41. The Balaban J connectivity index is 1.26. The van der Waals surface area contributed by atoms with Crippen LogP contribution >= 0.6 is 0 Å². The van der Waals surface area contributed by atoms with E-state index < -0.39 is 6.09 Å². The molecule has 6 heteroatoms. The molecule has 0 radical (unpaired) electrons. The van der Waals surface area contributed by atoms with E-state index in [2.05, 4.69) is 17.1 Å². The van der Waals surface area contributed by atoms with Crippen LogP contribution in [0.2, 0.25) is 0 Å². The summed E-state index contributed by atoms with van der Waals surface area (Å²) in [4.78, 5) is 29.0. The summed E-state index contributed by atoms with van der Waals surface area (Å²) < 4.78 is 5.43. The Morgan fingerprint density at radius 1 is 1.00 bits per heavy atom. The first-order valence-corrected chi connectivity index (χ1v) is 12.2. The number of piperidine rings is 1. The highest BCUT2D eigenvalue weighted by Gasteiger charge is 2.16. The van der Waals surface area contributed by atoms with Gasteiger partial charge in [-0.3, -0.25) is 9.69 Å². The van der Waals surface area contributed by atoms with Gasteiger partial charge in [-0.1, -0.05) is 37.3 Å². The molecule has 1 aliphatic rings. The first kappa shape index (κ1) is 24.5. The Hall–Kier alpha value is -3.64. The minimum absolute atomic E-state index is 0.171. The maximum absolute atomic E-state index is 12.7. The summed E-state index contributed by atoms with van der Waals surface area (Å²) in [5.41, 5.74) is 3.23. The van der Waals surface area contributed by atoms with E-state index in [0.717, 1.165) is 24.6 Å². The molecule has 2 amide bonds. The van der Waals surface area contributed by atoms with Crippen LogP contribution in [-0.4, -0.2) is 43.6 Å². The SMILES string of the molecule is CC1CCCN(CCc2ccc(C(=O)Nc3ccc(OC(=O)N(C)c4ccccc4)cc3)cc2)C1. The molecule has 4 rings (SSSR count). The van der Waals surface area contributed by atoms with Gasteiger partial charge in [0.05, 0.1) is 0 Å². The van der Waals surface area contributed by atoms with E-state index in [0.29, 0.717) is 17.0 Å². The van der Waals surface area contributed by atoms with Gasteiger partial charge < -0.3 is 15.0 Å². The van der Waals surface area contributed by atoms with Gasteiger partial charge in [-0.05, 0) is 85.8 Å². The van der Waals surface area contributed by atoms with Crippen molar-refractivity contribution in [3.05, 3.63) is 90.0 Å². The van der Waals surface area contributed by atoms with Gasteiger partial charge in [-0.2, -0.15) is 0 Å². The normalized spacial score (nSPS) is 15.9. The Morgan fingerprint density at radius 2 is 1.71 bits per heavy atom. The fraction of sp³-hybridized carbons (Fsp3) is 0.310. The van der Waals surface area contributed by atoms with Crippen molar-refractivity contribution in [2.75, 3.05) is 36.9 Å². The molecule has 0 aliphatic carbocycles. The minimum Gasteiger partial charge on any atom is -0.410 e. The number of carbonyl (C=O) groups excluding carboxylic acids is 2. The maximum atomic E-state index is 12.7. The second-order valence-corrected chi connectivity index (χ2v) is 9.24. The lowest BCUT2D eigenvalue weighted by molar-refractivity contribution is 0.102. The molecule has 3 aromatic rings. The first-order chi connectivity index (χ1) is 17.0. The van der Waals surface area contributed by atoms with E-state index in [-0.39, 0.29) is 5.91 Å². The zero-order valence-corrected chi connectivity index (χ0v) is 20.4. The van der Waals surface area contributed by atoms with Gasteiger partial charge in [0.1, 0.15) is 5.75 Å². The van der Waals surface area contributed by atoms with E-state index in [1.807, 2.05) is 54.6 Å². The quantitative estimate of drug-likeness (QED) is 0.470. The summed E-state index contributed by atoms with van der Waals surface area (Å²) in [5.74, 6) is 1.02. The standard InChI is InChI=1S/C29H33N3O3/c1-22-7-6-19-32(21-22)20-18-23-10-12-24(13-11-23)28(33)30-25-14-16-27(17-15-25)35-29(34)31(2)26-8-4-3-5-9-26/h3-5,8-17,22H,6-7,18-21H2,1-2H3,(H,30,33). The topological polar surface area (TPSA) is 61.9 Å². The van der Waals surface area contributed by atoms with Crippen LogP contribution in [0.5, 0.6) is 5.75 Å². The summed E-state index contributed by atoms with van der Waals surface area (Å²) in [5, 5.41) is 2.90. The van der Waals surface area contributed by atoms with E-state index >= 15 is 0 Å². The minimum atomic E-state index is -0.483. The van der Waals surface area contributed by atoms with Gasteiger partial charge in [-0.25, -0.2) is 4.79 Å². The molecule has 1 N–H and O–H groups in total. The van der Waals surface area contributed by atoms with Gasteiger partial charge >= 0.3 is 6.09 Å². The molecule has 1 fully saturated rings. The van der Waals surface area contributed by atoms with Crippen LogP contribution in [0.1, 0.15) is 35.7 Å². The van der Waals surface area contributed by atoms with Crippen molar-refractivity contribution in [3.8, 4) is 5.75 Å². The Kier molecular flexibility index (Phi) is 8.16. The average Bonchev–Trinajstić information content (AvgIpc) is 2.89. The molecule has 1 unspecified atom stereocenters. The number of ether oxygens (including phenoxy) is 1.